The average Bonchev–Trinajstić information content (AvgIpc) is 2.87. The number of rotatable bonds is 3. The molecule has 1 aromatic rings. The van der Waals surface area contributed by atoms with E-state index in [9.17, 15) is 19.7 Å². The summed E-state index contributed by atoms with van der Waals surface area (Å²) in [6.45, 7) is 0. The molecule has 0 saturated carbocycles. The number of aliphatic carboxylic acids is 1. The third-order valence-electron chi connectivity index (χ3n) is 2.82. The summed E-state index contributed by atoms with van der Waals surface area (Å²) < 4.78 is 0.555. The number of benzene rings is 1. The molecule has 9 heteroatoms. The molecule has 1 atom stereocenters. The number of nitro groups is 1. The van der Waals surface area contributed by atoms with E-state index in [-0.39, 0.29) is 17.1 Å². The standard InChI is InChI=1S/C11H9IN2O5S/c12-8-2-1-6(14(18)19)3-7(8)10(15)13-5-20-4-9(13)11(16)17/h1-3,9H,4-5H2,(H,16,17)/t9-/m0/s1. The zero-order valence-corrected chi connectivity index (χ0v) is 13.0. The monoisotopic (exact) mass is 408 g/mol. The number of amides is 1. The van der Waals surface area contributed by atoms with Crippen LogP contribution in [0.3, 0.4) is 0 Å². The number of non-ortho nitro benzene ring substituents is 1. The molecule has 0 aromatic heterocycles. The highest BCUT2D eigenvalue weighted by atomic mass is 127. The number of carbonyl (C=O) groups is 2. The van der Waals surface area contributed by atoms with E-state index in [0.29, 0.717) is 9.32 Å². The molecule has 1 fully saturated rings. The van der Waals surface area contributed by atoms with Crippen LogP contribution in [-0.4, -0.2) is 44.5 Å². The highest BCUT2D eigenvalue weighted by molar-refractivity contribution is 14.1. The van der Waals surface area contributed by atoms with Crippen molar-refractivity contribution in [2.45, 2.75) is 6.04 Å². The first-order valence-corrected chi connectivity index (χ1v) is 7.70. The van der Waals surface area contributed by atoms with Crippen LogP contribution in [0.1, 0.15) is 10.4 Å². The predicted octanol–water partition coefficient (Wildman–Crippen LogP) is 1.80. The molecule has 1 aromatic carbocycles. The lowest BCUT2D eigenvalue weighted by Crippen LogP contribution is -2.42. The van der Waals surface area contributed by atoms with Crippen LogP contribution in [0.5, 0.6) is 0 Å². The van der Waals surface area contributed by atoms with Gasteiger partial charge in [0, 0.05) is 21.5 Å². The Morgan fingerprint density at radius 3 is 2.80 bits per heavy atom. The Kier molecular flexibility index (Phi) is 4.48. The van der Waals surface area contributed by atoms with Crippen molar-refractivity contribution in [2.24, 2.45) is 0 Å². The lowest BCUT2D eigenvalue weighted by Gasteiger charge is -2.20. The molecule has 1 N–H and O–H groups in total. The van der Waals surface area contributed by atoms with Crippen molar-refractivity contribution in [2.75, 3.05) is 11.6 Å². The minimum atomic E-state index is -1.07. The summed E-state index contributed by atoms with van der Waals surface area (Å²) in [6, 6.07) is 3.09. The second-order valence-corrected chi connectivity index (χ2v) is 6.21. The Hall–Kier alpha value is -1.36. The number of carbonyl (C=O) groups excluding carboxylic acids is 1. The van der Waals surface area contributed by atoms with Gasteiger partial charge >= 0.3 is 5.97 Å². The summed E-state index contributed by atoms with van der Waals surface area (Å²) in [7, 11) is 0. The lowest BCUT2D eigenvalue weighted by molar-refractivity contribution is -0.384. The SMILES string of the molecule is O=C(O)[C@@H]1CSCN1C(=O)c1cc([N+](=O)[O-])ccc1I. The molecule has 0 unspecified atom stereocenters. The predicted molar refractivity (Wildman–Crippen MR) is 80.7 cm³/mol. The third-order valence-corrected chi connectivity index (χ3v) is 4.77. The first-order valence-electron chi connectivity index (χ1n) is 5.47. The number of nitro benzene ring substituents is 1. The van der Waals surface area contributed by atoms with Gasteiger partial charge in [-0.25, -0.2) is 4.79 Å². The maximum atomic E-state index is 12.4. The maximum absolute atomic E-state index is 12.4. The molecule has 0 aliphatic carbocycles. The maximum Gasteiger partial charge on any atom is 0.327 e. The average molecular weight is 408 g/mol. The minimum Gasteiger partial charge on any atom is -0.480 e. The van der Waals surface area contributed by atoms with E-state index in [4.69, 9.17) is 5.11 Å². The number of nitrogens with zero attached hydrogens (tertiary/aromatic N) is 2. The summed E-state index contributed by atoms with van der Waals surface area (Å²) in [5.41, 5.74) is -0.0268. The summed E-state index contributed by atoms with van der Waals surface area (Å²) >= 11 is 3.25. The molecule has 106 valence electrons. The first kappa shape index (κ1) is 15.0. The van der Waals surface area contributed by atoms with Crippen LogP contribution < -0.4 is 0 Å². The molecule has 20 heavy (non-hydrogen) atoms. The fourth-order valence-electron chi connectivity index (χ4n) is 1.79. The molecule has 1 aliphatic heterocycles. The fraction of sp³-hybridized carbons (Fsp3) is 0.273. The van der Waals surface area contributed by atoms with Crippen molar-refractivity contribution in [3.05, 3.63) is 37.4 Å². The van der Waals surface area contributed by atoms with E-state index in [1.807, 2.05) is 22.6 Å². The summed E-state index contributed by atoms with van der Waals surface area (Å²) in [4.78, 5) is 34.9. The summed E-state index contributed by atoms with van der Waals surface area (Å²) in [6.07, 6.45) is 0. The van der Waals surface area contributed by atoms with Gasteiger partial charge in [0.1, 0.15) is 6.04 Å². The fourth-order valence-corrected chi connectivity index (χ4v) is 3.50. The van der Waals surface area contributed by atoms with E-state index in [0.717, 1.165) is 0 Å². The molecule has 0 bridgehead atoms. The van der Waals surface area contributed by atoms with Crippen molar-refractivity contribution >= 4 is 51.9 Å². The molecule has 1 amide bonds. The molecule has 0 spiro atoms. The van der Waals surface area contributed by atoms with Gasteiger partial charge in [0.15, 0.2) is 0 Å². The Morgan fingerprint density at radius 2 is 2.20 bits per heavy atom. The van der Waals surface area contributed by atoms with Gasteiger partial charge in [-0.1, -0.05) is 0 Å². The van der Waals surface area contributed by atoms with Crippen LogP contribution in [0.4, 0.5) is 5.69 Å². The van der Waals surface area contributed by atoms with Gasteiger partial charge in [-0.05, 0) is 28.7 Å². The highest BCUT2D eigenvalue weighted by Gasteiger charge is 2.36. The van der Waals surface area contributed by atoms with Gasteiger partial charge in [0.2, 0.25) is 0 Å². The number of carboxylic acids is 1. The number of hydrogen-bond donors (Lipinski definition) is 1. The van der Waals surface area contributed by atoms with Crippen LogP contribution in [0.15, 0.2) is 18.2 Å². The summed E-state index contributed by atoms with van der Waals surface area (Å²) in [5.74, 6) is -0.958. The summed E-state index contributed by atoms with van der Waals surface area (Å²) in [5, 5.41) is 19.8. The van der Waals surface area contributed by atoms with Gasteiger partial charge in [-0.15, -0.1) is 11.8 Å². The van der Waals surface area contributed by atoms with E-state index < -0.39 is 22.8 Å². The van der Waals surface area contributed by atoms with Crippen molar-refractivity contribution < 1.29 is 19.6 Å². The Labute approximate surface area is 131 Å². The number of hydrogen-bond acceptors (Lipinski definition) is 5. The van der Waals surface area contributed by atoms with E-state index in [2.05, 4.69) is 0 Å². The molecule has 1 heterocycles. The topological polar surface area (TPSA) is 101 Å². The van der Waals surface area contributed by atoms with Crippen molar-refractivity contribution in [1.29, 1.82) is 0 Å². The van der Waals surface area contributed by atoms with E-state index in [1.165, 1.54) is 34.9 Å². The minimum absolute atomic E-state index is 0.161. The largest absolute Gasteiger partial charge is 0.480 e. The molecule has 0 radical (unpaired) electrons. The second kappa shape index (κ2) is 5.95. The van der Waals surface area contributed by atoms with Crippen LogP contribution in [-0.2, 0) is 4.79 Å². The van der Waals surface area contributed by atoms with E-state index >= 15 is 0 Å². The molecule has 1 aliphatic rings. The van der Waals surface area contributed by atoms with Crippen molar-refractivity contribution in [3.8, 4) is 0 Å². The quantitative estimate of drug-likeness (QED) is 0.465. The van der Waals surface area contributed by atoms with Crippen LogP contribution >= 0.6 is 34.4 Å². The van der Waals surface area contributed by atoms with Gasteiger partial charge in [0.05, 0.1) is 16.4 Å². The van der Waals surface area contributed by atoms with Crippen molar-refractivity contribution in [3.63, 3.8) is 0 Å². The number of halogens is 1. The molecular weight excluding hydrogens is 399 g/mol. The molecular formula is C11H9IN2O5S. The zero-order valence-electron chi connectivity index (χ0n) is 9.98. The smallest absolute Gasteiger partial charge is 0.327 e. The van der Waals surface area contributed by atoms with Crippen LogP contribution in [0, 0.1) is 13.7 Å². The molecule has 2 rings (SSSR count). The number of carboxylic acid groups (broad SMARTS) is 1. The van der Waals surface area contributed by atoms with Gasteiger partial charge in [-0.3, -0.25) is 14.9 Å². The van der Waals surface area contributed by atoms with Crippen molar-refractivity contribution in [1.82, 2.24) is 4.90 Å². The van der Waals surface area contributed by atoms with Crippen LogP contribution in [0.25, 0.3) is 0 Å². The van der Waals surface area contributed by atoms with Gasteiger partial charge in [0.25, 0.3) is 11.6 Å². The Bertz CT molecular complexity index is 594. The highest BCUT2D eigenvalue weighted by Crippen LogP contribution is 2.27. The Morgan fingerprint density at radius 1 is 1.50 bits per heavy atom. The van der Waals surface area contributed by atoms with E-state index in [1.54, 1.807) is 0 Å². The lowest BCUT2D eigenvalue weighted by atomic mass is 10.1. The van der Waals surface area contributed by atoms with Gasteiger partial charge in [-0.2, -0.15) is 0 Å². The molecule has 1 saturated heterocycles. The third kappa shape index (κ3) is 2.87. The Balaban J connectivity index is 2.35. The second-order valence-electron chi connectivity index (χ2n) is 4.05. The van der Waals surface area contributed by atoms with Gasteiger partial charge < -0.3 is 10.0 Å². The molecule has 7 nitrogen and oxygen atoms in total. The zero-order chi connectivity index (χ0) is 14.9. The number of thioether (sulfide) groups is 1. The van der Waals surface area contributed by atoms with Crippen LogP contribution in [0.2, 0.25) is 0 Å². The first-order chi connectivity index (χ1) is 9.41. The normalized spacial score (nSPS) is 18.1.